The molecule has 0 saturated carbocycles. The molecule has 0 unspecified atom stereocenters. The molecule has 0 aromatic carbocycles. The van der Waals surface area contributed by atoms with Gasteiger partial charge >= 0.3 is 5.97 Å². The predicted octanol–water partition coefficient (Wildman–Crippen LogP) is 0.686. The van der Waals surface area contributed by atoms with Gasteiger partial charge in [-0.15, -0.1) is 0 Å². The van der Waals surface area contributed by atoms with E-state index in [0.29, 0.717) is 0 Å². The van der Waals surface area contributed by atoms with E-state index in [2.05, 4.69) is 0 Å². The van der Waals surface area contributed by atoms with Gasteiger partial charge in [-0.05, 0) is 6.92 Å². The van der Waals surface area contributed by atoms with Crippen molar-refractivity contribution in [3.8, 4) is 0 Å². The number of hydrogen-bond acceptors (Lipinski definition) is 2. The van der Waals surface area contributed by atoms with Crippen molar-refractivity contribution >= 4 is 11.8 Å². The summed E-state index contributed by atoms with van der Waals surface area (Å²) in [6, 6.07) is 0. The lowest BCUT2D eigenvalue weighted by Crippen LogP contribution is -2.12. The van der Waals surface area contributed by atoms with Crippen LogP contribution in [-0.2, 0) is 9.59 Å². The van der Waals surface area contributed by atoms with Crippen LogP contribution in [-0.4, -0.2) is 16.9 Å². The molecule has 0 bridgehead atoms. The zero-order chi connectivity index (χ0) is 7.44. The number of carboxylic acid groups (broad SMARTS) is 1. The molecule has 0 heterocycles. The highest BCUT2D eigenvalue weighted by Gasteiger charge is 2.11. The van der Waals surface area contributed by atoms with Crippen LogP contribution in [0.25, 0.3) is 0 Å². The van der Waals surface area contributed by atoms with Crippen molar-refractivity contribution in [2.24, 2.45) is 5.92 Å². The summed E-state index contributed by atoms with van der Waals surface area (Å²) in [6.07, 6.45) is 0.134. The number of carbonyl (C=O) groups is 2. The molecule has 0 rings (SSSR count). The predicted molar refractivity (Wildman–Crippen MR) is 32.1 cm³/mol. The number of Topliss-reactive ketones (excluding diaryl/α,β-unsaturated/α-hetero) is 1. The van der Waals surface area contributed by atoms with Crippen molar-refractivity contribution in [1.29, 1.82) is 0 Å². The fourth-order valence-corrected chi connectivity index (χ4v) is 0.518. The molecule has 0 aromatic rings. The first kappa shape index (κ1) is 8.14. The zero-order valence-corrected chi connectivity index (χ0v) is 5.55. The van der Waals surface area contributed by atoms with E-state index in [1.165, 1.54) is 13.8 Å². The number of hydrogen-bond donors (Lipinski definition) is 1. The Morgan fingerprint density at radius 2 is 2.00 bits per heavy atom. The second-order valence-electron chi connectivity index (χ2n) is 2.15. The van der Waals surface area contributed by atoms with Gasteiger partial charge in [0.2, 0.25) is 0 Å². The lowest BCUT2D eigenvalue weighted by Gasteiger charge is -1.99. The standard InChI is InChI=1S/C6H10O3/c1-4(6(8)9)3-5(2)7/h4H,3H2,1-2H3,(H,8,9)/t4-/m0/s1. The Balaban J connectivity index is 3.63. The summed E-state index contributed by atoms with van der Waals surface area (Å²) < 4.78 is 0. The summed E-state index contributed by atoms with van der Waals surface area (Å²) in [5.74, 6) is -1.53. The Kier molecular flexibility index (Phi) is 2.91. The summed E-state index contributed by atoms with van der Waals surface area (Å²) in [5.41, 5.74) is 0. The van der Waals surface area contributed by atoms with E-state index in [4.69, 9.17) is 5.11 Å². The lowest BCUT2D eigenvalue weighted by molar-refractivity contribution is -0.142. The molecule has 1 atom stereocenters. The summed E-state index contributed by atoms with van der Waals surface area (Å²) >= 11 is 0. The highest BCUT2D eigenvalue weighted by atomic mass is 16.4. The van der Waals surface area contributed by atoms with E-state index in [1.54, 1.807) is 0 Å². The molecule has 9 heavy (non-hydrogen) atoms. The highest BCUT2D eigenvalue weighted by molar-refractivity contribution is 5.81. The van der Waals surface area contributed by atoms with Crippen molar-refractivity contribution in [2.75, 3.05) is 0 Å². The molecule has 0 aliphatic carbocycles. The van der Waals surface area contributed by atoms with Gasteiger partial charge in [0, 0.05) is 6.42 Å². The number of carboxylic acids is 1. The van der Waals surface area contributed by atoms with E-state index in [0.717, 1.165) is 0 Å². The molecule has 3 heteroatoms. The van der Waals surface area contributed by atoms with Gasteiger partial charge in [0.05, 0.1) is 5.92 Å². The van der Waals surface area contributed by atoms with E-state index in [-0.39, 0.29) is 12.2 Å². The van der Waals surface area contributed by atoms with Crippen LogP contribution in [0, 0.1) is 5.92 Å². The van der Waals surface area contributed by atoms with E-state index in [1.807, 2.05) is 0 Å². The average molecular weight is 130 g/mol. The van der Waals surface area contributed by atoms with Gasteiger partial charge < -0.3 is 9.90 Å². The van der Waals surface area contributed by atoms with E-state index in [9.17, 15) is 9.59 Å². The quantitative estimate of drug-likeness (QED) is 0.611. The number of carbonyl (C=O) groups excluding carboxylic acids is 1. The maximum atomic E-state index is 10.3. The van der Waals surface area contributed by atoms with Crippen molar-refractivity contribution in [3.63, 3.8) is 0 Å². The normalized spacial score (nSPS) is 12.7. The highest BCUT2D eigenvalue weighted by Crippen LogP contribution is 2.00. The largest absolute Gasteiger partial charge is 0.481 e. The molecule has 1 N–H and O–H groups in total. The Bertz CT molecular complexity index is 128. The molecular weight excluding hydrogens is 120 g/mol. The topological polar surface area (TPSA) is 54.4 Å². The molecule has 0 aliphatic heterocycles. The molecule has 0 spiro atoms. The maximum absolute atomic E-state index is 10.3. The fraction of sp³-hybridized carbons (Fsp3) is 0.667. The molecule has 3 nitrogen and oxygen atoms in total. The Morgan fingerprint density at radius 1 is 1.56 bits per heavy atom. The first-order valence-electron chi connectivity index (χ1n) is 2.76. The van der Waals surface area contributed by atoms with Crippen molar-refractivity contribution in [2.45, 2.75) is 20.3 Å². The summed E-state index contributed by atoms with van der Waals surface area (Å²) in [7, 11) is 0. The summed E-state index contributed by atoms with van der Waals surface area (Å²) in [5, 5.41) is 8.28. The molecule has 0 radical (unpaired) electrons. The third-order valence-corrected chi connectivity index (χ3v) is 1.02. The molecular formula is C6H10O3. The van der Waals surface area contributed by atoms with Crippen LogP contribution < -0.4 is 0 Å². The van der Waals surface area contributed by atoms with Gasteiger partial charge in [-0.25, -0.2) is 0 Å². The van der Waals surface area contributed by atoms with Gasteiger partial charge in [0.15, 0.2) is 0 Å². The Hall–Kier alpha value is -0.860. The molecule has 52 valence electrons. The maximum Gasteiger partial charge on any atom is 0.306 e. The molecule has 0 amide bonds. The molecule has 0 aliphatic rings. The van der Waals surface area contributed by atoms with Crippen LogP contribution in [0.3, 0.4) is 0 Å². The van der Waals surface area contributed by atoms with Crippen LogP contribution in [0.1, 0.15) is 20.3 Å². The van der Waals surface area contributed by atoms with Crippen molar-refractivity contribution in [1.82, 2.24) is 0 Å². The van der Waals surface area contributed by atoms with Gasteiger partial charge in [-0.2, -0.15) is 0 Å². The second-order valence-corrected chi connectivity index (χ2v) is 2.15. The van der Waals surface area contributed by atoms with Crippen LogP contribution in [0.5, 0.6) is 0 Å². The fourth-order valence-electron chi connectivity index (χ4n) is 0.518. The van der Waals surface area contributed by atoms with Crippen molar-refractivity contribution in [3.05, 3.63) is 0 Å². The Labute approximate surface area is 53.7 Å². The Morgan fingerprint density at radius 3 is 2.11 bits per heavy atom. The second kappa shape index (κ2) is 3.22. The SMILES string of the molecule is CC(=O)C[C@H](C)C(=O)O. The minimum Gasteiger partial charge on any atom is -0.481 e. The average Bonchev–Trinajstić information content (AvgIpc) is 1.63. The number of rotatable bonds is 3. The first-order chi connectivity index (χ1) is 4.04. The van der Waals surface area contributed by atoms with Gasteiger partial charge in [0.1, 0.15) is 5.78 Å². The summed E-state index contributed by atoms with van der Waals surface area (Å²) in [6.45, 7) is 2.91. The van der Waals surface area contributed by atoms with Gasteiger partial charge in [0.25, 0.3) is 0 Å². The monoisotopic (exact) mass is 130 g/mol. The van der Waals surface area contributed by atoms with E-state index >= 15 is 0 Å². The molecule has 0 aromatic heterocycles. The lowest BCUT2D eigenvalue weighted by atomic mass is 10.1. The van der Waals surface area contributed by atoms with Gasteiger partial charge in [-0.3, -0.25) is 4.79 Å². The smallest absolute Gasteiger partial charge is 0.306 e. The zero-order valence-electron chi connectivity index (χ0n) is 5.55. The van der Waals surface area contributed by atoms with Gasteiger partial charge in [-0.1, -0.05) is 6.92 Å². The number of aliphatic carboxylic acids is 1. The molecule has 0 fully saturated rings. The van der Waals surface area contributed by atoms with E-state index < -0.39 is 11.9 Å². The minimum atomic E-state index is -0.912. The minimum absolute atomic E-state index is 0.0788. The third kappa shape index (κ3) is 3.70. The molecule has 0 saturated heterocycles. The van der Waals surface area contributed by atoms with Crippen LogP contribution >= 0.6 is 0 Å². The van der Waals surface area contributed by atoms with Crippen LogP contribution in [0.15, 0.2) is 0 Å². The first-order valence-corrected chi connectivity index (χ1v) is 2.76. The van der Waals surface area contributed by atoms with Crippen LogP contribution in [0.4, 0.5) is 0 Å². The van der Waals surface area contributed by atoms with Crippen LogP contribution in [0.2, 0.25) is 0 Å². The number of ketones is 1. The summed E-state index contributed by atoms with van der Waals surface area (Å²) in [4.78, 5) is 20.4. The van der Waals surface area contributed by atoms with Crippen molar-refractivity contribution < 1.29 is 14.7 Å². The third-order valence-electron chi connectivity index (χ3n) is 1.02.